The first-order valence-electron chi connectivity index (χ1n) is 7.64. The molecule has 2 amide bonds. The molecule has 4 heteroatoms. The van der Waals surface area contributed by atoms with Crippen LogP contribution in [0.15, 0.2) is 42.5 Å². The van der Waals surface area contributed by atoms with Crippen molar-refractivity contribution in [3.05, 3.63) is 48.0 Å². The topological polar surface area (TPSA) is 54.5 Å². The van der Waals surface area contributed by atoms with E-state index in [0.717, 1.165) is 15.7 Å². The summed E-state index contributed by atoms with van der Waals surface area (Å²) in [4.78, 5) is 36.9. The fourth-order valence-electron chi connectivity index (χ4n) is 2.62. The number of hydrogen-bond donors (Lipinski definition) is 0. The molecule has 4 nitrogen and oxygen atoms in total. The summed E-state index contributed by atoms with van der Waals surface area (Å²) in [6, 6.07) is 12.1. The number of benzene rings is 2. The van der Waals surface area contributed by atoms with Gasteiger partial charge in [-0.1, -0.05) is 44.2 Å². The molecule has 23 heavy (non-hydrogen) atoms. The van der Waals surface area contributed by atoms with E-state index in [0.29, 0.717) is 12.0 Å². The van der Waals surface area contributed by atoms with E-state index in [2.05, 4.69) is 0 Å². The summed E-state index contributed by atoms with van der Waals surface area (Å²) in [5, 5.41) is 1.93. The maximum atomic E-state index is 12.7. The molecular weight excluding hydrogens is 290 g/mol. The molecule has 2 aromatic carbocycles. The fourth-order valence-corrected chi connectivity index (χ4v) is 2.62. The zero-order valence-corrected chi connectivity index (χ0v) is 13.6. The van der Waals surface area contributed by atoms with Crippen molar-refractivity contribution in [3.63, 3.8) is 0 Å². The molecule has 1 radical (unpaired) electrons. The minimum atomic E-state index is -0.855. The van der Waals surface area contributed by atoms with E-state index in [1.807, 2.05) is 50.5 Å². The molecule has 0 aliphatic rings. The van der Waals surface area contributed by atoms with Gasteiger partial charge >= 0.3 is 0 Å². The Labute approximate surface area is 136 Å². The van der Waals surface area contributed by atoms with Gasteiger partial charge in [0.25, 0.3) is 5.91 Å². The number of nitrogens with zero attached hydrogens (tertiary/aromatic N) is 1. The minimum absolute atomic E-state index is 0.174. The third-order valence-corrected chi connectivity index (χ3v) is 3.70. The van der Waals surface area contributed by atoms with Crippen LogP contribution in [-0.2, 0) is 9.59 Å². The van der Waals surface area contributed by atoms with E-state index in [9.17, 15) is 14.4 Å². The molecule has 0 saturated carbocycles. The molecule has 2 aromatic rings. The van der Waals surface area contributed by atoms with Crippen LogP contribution < -0.4 is 0 Å². The van der Waals surface area contributed by atoms with E-state index in [1.165, 1.54) is 6.92 Å². The normalized spacial score (nSPS) is 12.2. The highest BCUT2D eigenvalue weighted by atomic mass is 16.2. The van der Waals surface area contributed by atoms with Crippen LogP contribution in [0.3, 0.4) is 0 Å². The van der Waals surface area contributed by atoms with E-state index in [4.69, 9.17) is 0 Å². The van der Waals surface area contributed by atoms with Crippen molar-refractivity contribution in [1.82, 2.24) is 4.90 Å². The molecule has 0 fully saturated rings. The fraction of sp³-hybridized carbons (Fsp3) is 0.316. The zero-order valence-electron chi connectivity index (χ0n) is 13.6. The van der Waals surface area contributed by atoms with Gasteiger partial charge in [0.15, 0.2) is 0 Å². The SMILES string of the molecule is CC(=O)N(C(=O)c1ccc2ccccc2c1)[C@H]([C]=O)CC(C)C. The smallest absolute Gasteiger partial charge is 0.261 e. The number of carbonyl (C=O) groups excluding carboxylic acids is 3. The maximum Gasteiger partial charge on any atom is 0.261 e. The Morgan fingerprint density at radius 1 is 1.09 bits per heavy atom. The molecule has 0 saturated heterocycles. The van der Waals surface area contributed by atoms with Crippen LogP contribution in [0, 0.1) is 5.92 Å². The second kappa shape index (κ2) is 7.18. The number of fused-ring (bicyclic) bond motifs is 1. The van der Waals surface area contributed by atoms with Crippen molar-refractivity contribution in [2.24, 2.45) is 5.92 Å². The van der Waals surface area contributed by atoms with Crippen molar-refractivity contribution in [1.29, 1.82) is 0 Å². The number of hydrogen-bond acceptors (Lipinski definition) is 3. The average molecular weight is 310 g/mol. The summed E-state index contributed by atoms with van der Waals surface area (Å²) in [6.45, 7) is 5.16. The van der Waals surface area contributed by atoms with Gasteiger partial charge in [-0.25, -0.2) is 0 Å². The first-order chi connectivity index (χ1) is 10.9. The summed E-state index contributed by atoms with van der Waals surface area (Å²) in [5.41, 5.74) is 0.392. The molecule has 0 N–H and O–H groups in total. The summed E-state index contributed by atoms with van der Waals surface area (Å²) >= 11 is 0. The largest absolute Gasteiger partial charge is 0.288 e. The number of carbonyl (C=O) groups is 2. The lowest BCUT2D eigenvalue weighted by molar-refractivity contribution is -0.127. The first kappa shape index (κ1) is 16.9. The molecule has 2 rings (SSSR count). The highest BCUT2D eigenvalue weighted by molar-refractivity contribution is 6.07. The third kappa shape index (κ3) is 3.83. The Morgan fingerprint density at radius 3 is 2.30 bits per heavy atom. The van der Waals surface area contributed by atoms with Crippen molar-refractivity contribution < 1.29 is 14.4 Å². The van der Waals surface area contributed by atoms with Gasteiger partial charge in [0.1, 0.15) is 6.04 Å². The summed E-state index contributed by atoms with van der Waals surface area (Å²) in [6.07, 6.45) is 2.24. The second-order valence-electron chi connectivity index (χ2n) is 6.02. The van der Waals surface area contributed by atoms with E-state index < -0.39 is 17.9 Å². The van der Waals surface area contributed by atoms with Crippen molar-refractivity contribution in [3.8, 4) is 0 Å². The number of imide groups is 1. The third-order valence-electron chi connectivity index (χ3n) is 3.70. The number of amides is 2. The Morgan fingerprint density at radius 2 is 1.74 bits per heavy atom. The minimum Gasteiger partial charge on any atom is -0.288 e. The molecule has 1 atom stereocenters. The summed E-state index contributed by atoms with van der Waals surface area (Å²) in [5.74, 6) is -0.734. The van der Waals surface area contributed by atoms with Crippen LogP contribution in [-0.4, -0.2) is 29.0 Å². The van der Waals surface area contributed by atoms with Gasteiger partial charge in [0.05, 0.1) is 0 Å². The van der Waals surface area contributed by atoms with Gasteiger partial charge in [0, 0.05) is 12.5 Å². The lowest BCUT2D eigenvalue weighted by Crippen LogP contribution is -2.45. The quantitative estimate of drug-likeness (QED) is 0.851. The summed E-state index contributed by atoms with van der Waals surface area (Å²) in [7, 11) is 0. The second-order valence-corrected chi connectivity index (χ2v) is 6.02. The Bertz CT molecular complexity index is 736. The van der Waals surface area contributed by atoms with E-state index in [1.54, 1.807) is 12.1 Å². The molecule has 0 unspecified atom stereocenters. The first-order valence-corrected chi connectivity index (χ1v) is 7.64. The molecule has 0 spiro atoms. The van der Waals surface area contributed by atoms with Crippen LogP contribution in [0.2, 0.25) is 0 Å². The molecular formula is C19H20NO3. The van der Waals surface area contributed by atoms with E-state index >= 15 is 0 Å². The van der Waals surface area contributed by atoms with Crippen LogP contribution in [0.5, 0.6) is 0 Å². The van der Waals surface area contributed by atoms with Crippen LogP contribution in [0.25, 0.3) is 10.8 Å². The Hall–Kier alpha value is -2.49. The monoisotopic (exact) mass is 310 g/mol. The zero-order chi connectivity index (χ0) is 17.0. The highest BCUT2D eigenvalue weighted by Gasteiger charge is 2.29. The Balaban J connectivity index is 2.39. The predicted octanol–water partition coefficient (Wildman–Crippen LogP) is 3.35. The van der Waals surface area contributed by atoms with Gasteiger partial charge in [-0.2, -0.15) is 0 Å². The Kier molecular flexibility index (Phi) is 5.27. The van der Waals surface area contributed by atoms with Gasteiger partial charge in [0.2, 0.25) is 12.2 Å². The highest BCUT2D eigenvalue weighted by Crippen LogP contribution is 2.19. The average Bonchev–Trinajstić information content (AvgIpc) is 2.52. The summed E-state index contributed by atoms with van der Waals surface area (Å²) < 4.78 is 0. The molecule has 0 heterocycles. The maximum absolute atomic E-state index is 12.7. The van der Waals surface area contributed by atoms with Crippen molar-refractivity contribution in [2.45, 2.75) is 33.2 Å². The lowest BCUT2D eigenvalue weighted by Gasteiger charge is -2.26. The lowest BCUT2D eigenvalue weighted by atomic mass is 10.0. The van der Waals surface area contributed by atoms with Crippen molar-refractivity contribution in [2.75, 3.05) is 0 Å². The van der Waals surface area contributed by atoms with Crippen molar-refractivity contribution >= 4 is 28.9 Å². The molecule has 0 aliphatic carbocycles. The molecule has 0 bridgehead atoms. The molecule has 119 valence electrons. The molecule has 0 aromatic heterocycles. The van der Waals surface area contributed by atoms with Gasteiger partial charge < -0.3 is 0 Å². The predicted molar refractivity (Wildman–Crippen MR) is 89.7 cm³/mol. The van der Waals surface area contributed by atoms with Crippen LogP contribution >= 0.6 is 0 Å². The van der Waals surface area contributed by atoms with Gasteiger partial charge in [-0.3, -0.25) is 19.3 Å². The number of rotatable bonds is 5. The molecule has 0 aliphatic heterocycles. The van der Waals surface area contributed by atoms with E-state index in [-0.39, 0.29) is 5.92 Å². The standard InChI is InChI=1S/C19H20NO3/c1-13(2)10-18(12-21)20(14(3)22)19(23)17-9-8-15-6-4-5-7-16(15)11-17/h4-9,11,13,18H,10H2,1-3H3/t18-/m0/s1. The van der Waals surface area contributed by atoms with Gasteiger partial charge in [-0.15, -0.1) is 0 Å². The van der Waals surface area contributed by atoms with Crippen LogP contribution in [0.4, 0.5) is 0 Å². The van der Waals surface area contributed by atoms with Crippen LogP contribution in [0.1, 0.15) is 37.6 Å². The van der Waals surface area contributed by atoms with Gasteiger partial charge in [-0.05, 0) is 35.2 Å².